The van der Waals surface area contributed by atoms with E-state index in [1.807, 2.05) is 61.5 Å². The summed E-state index contributed by atoms with van der Waals surface area (Å²) in [6, 6.07) is 17.4. The lowest BCUT2D eigenvalue weighted by Gasteiger charge is -2.12. The maximum absolute atomic E-state index is 11.9. The van der Waals surface area contributed by atoms with Gasteiger partial charge in [0.15, 0.2) is 0 Å². The molecule has 0 aliphatic carbocycles. The van der Waals surface area contributed by atoms with Crippen LogP contribution in [0.1, 0.15) is 25.0 Å². The third-order valence-corrected chi connectivity index (χ3v) is 4.22. The SMILES string of the molecule is Cc1cc(Nc2ccc(NC(=O)CCCC(=O)NO)cc2)c2ccccc2n1. The van der Waals surface area contributed by atoms with Gasteiger partial charge in [0.05, 0.1) is 5.52 Å². The van der Waals surface area contributed by atoms with Crippen LogP contribution in [0.5, 0.6) is 0 Å². The van der Waals surface area contributed by atoms with Crippen molar-refractivity contribution < 1.29 is 14.8 Å². The Kier molecular flexibility index (Phi) is 6.18. The van der Waals surface area contributed by atoms with Crippen molar-refractivity contribution in [1.82, 2.24) is 10.5 Å². The van der Waals surface area contributed by atoms with E-state index in [0.29, 0.717) is 12.1 Å². The van der Waals surface area contributed by atoms with Gasteiger partial charge in [0.1, 0.15) is 0 Å². The number of aryl methyl sites for hydroxylation is 1. The molecule has 0 spiro atoms. The lowest BCUT2D eigenvalue weighted by molar-refractivity contribution is -0.129. The van der Waals surface area contributed by atoms with Crippen LogP contribution >= 0.6 is 0 Å². The molecule has 0 fully saturated rings. The molecule has 1 heterocycles. The molecule has 0 bridgehead atoms. The first-order valence-corrected chi connectivity index (χ1v) is 9.01. The van der Waals surface area contributed by atoms with Gasteiger partial charge in [0.25, 0.3) is 0 Å². The molecule has 2 aromatic carbocycles. The summed E-state index contributed by atoms with van der Waals surface area (Å²) in [5.41, 5.74) is 5.96. The number of carbonyl (C=O) groups is 2. The van der Waals surface area contributed by atoms with E-state index in [0.717, 1.165) is 28.0 Å². The van der Waals surface area contributed by atoms with Crippen LogP contribution in [-0.2, 0) is 9.59 Å². The number of fused-ring (bicyclic) bond motifs is 1. The molecule has 28 heavy (non-hydrogen) atoms. The standard InChI is InChI=1S/C21H22N4O3/c1-14-13-19(17-5-2-3-6-18(17)22-14)23-15-9-11-16(12-10-15)24-20(26)7-4-8-21(27)25-28/h2-3,5-6,9-13,28H,4,7-8H2,1H3,(H,22,23)(H,24,26)(H,25,27). The van der Waals surface area contributed by atoms with Crippen molar-refractivity contribution in [2.75, 3.05) is 10.6 Å². The predicted octanol–water partition coefficient (Wildman–Crippen LogP) is 3.90. The third kappa shape index (κ3) is 5.05. The van der Waals surface area contributed by atoms with E-state index in [1.54, 1.807) is 5.48 Å². The molecule has 144 valence electrons. The van der Waals surface area contributed by atoms with Crippen molar-refractivity contribution in [3.8, 4) is 0 Å². The molecule has 7 heteroatoms. The van der Waals surface area contributed by atoms with Gasteiger partial charge in [-0.15, -0.1) is 0 Å². The number of benzene rings is 2. The van der Waals surface area contributed by atoms with E-state index < -0.39 is 5.91 Å². The summed E-state index contributed by atoms with van der Waals surface area (Å²) >= 11 is 0. The summed E-state index contributed by atoms with van der Waals surface area (Å²) in [7, 11) is 0. The zero-order valence-corrected chi connectivity index (χ0v) is 15.5. The number of pyridine rings is 1. The minimum absolute atomic E-state index is 0.103. The van der Waals surface area contributed by atoms with Crippen LogP contribution in [0.25, 0.3) is 10.9 Å². The van der Waals surface area contributed by atoms with Gasteiger partial charge in [0.2, 0.25) is 11.8 Å². The summed E-state index contributed by atoms with van der Waals surface area (Å²) in [5, 5.41) is 15.7. The first-order chi connectivity index (χ1) is 13.5. The van der Waals surface area contributed by atoms with Crippen LogP contribution in [0.4, 0.5) is 17.1 Å². The van der Waals surface area contributed by atoms with Gasteiger partial charge in [-0.05, 0) is 49.7 Å². The number of hydrogen-bond donors (Lipinski definition) is 4. The second-order valence-electron chi connectivity index (χ2n) is 6.47. The van der Waals surface area contributed by atoms with Gasteiger partial charge in [-0.3, -0.25) is 19.8 Å². The molecule has 0 atom stereocenters. The van der Waals surface area contributed by atoms with Crippen molar-refractivity contribution in [3.05, 3.63) is 60.3 Å². The average Bonchev–Trinajstić information content (AvgIpc) is 2.69. The zero-order chi connectivity index (χ0) is 19.9. The predicted molar refractivity (Wildman–Crippen MR) is 109 cm³/mol. The molecular formula is C21H22N4O3. The van der Waals surface area contributed by atoms with Crippen LogP contribution in [0, 0.1) is 6.92 Å². The van der Waals surface area contributed by atoms with Crippen molar-refractivity contribution in [3.63, 3.8) is 0 Å². The molecule has 0 aliphatic rings. The molecule has 0 aliphatic heterocycles. The van der Waals surface area contributed by atoms with Gasteiger partial charge in [-0.2, -0.15) is 0 Å². The minimum Gasteiger partial charge on any atom is -0.355 e. The van der Waals surface area contributed by atoms with E-state index in [1.165, 1.54) is 0 Å². The molecule has 0 unspecified atom stereocenters. The van der Waals surface area contributed by atoms with Gasteiger partial charge in [0, 0.05) is 41.0 Å². The van der Waals surface area contributed by atoms with Crippen molar-refractivity contribution in [1.29, 1.82) is 0 Å². The minimum atomic E-state index is -0.498. The van der Waals surface area contributed by atoms with Gasteiger partial charge < -0.3 is 10.6 Å². The Morgan fingerprint density at radius 3 is 2.39 bits per heavy atom. The summed E-state index contributed by atoms with van der Waals surface area (Å²) < 4.78 is 0. The first kappa shape index (κ1) is 19.3. The number of amides is 2. The smallest absolute Gasteiger partial charge is 0.243 e. The van der Waals surface area contributed by atoms with Crippen LogP contribution in [0.3, 0.4) is 0 Å². The van der Waals surface area contributed by atoms with E-state index in [9.17, 15) is 9.59 Å². The highest BCUT2D eigenvalue weighted by atomic mass is 16.5. The summed E-state index contributed by atoms with van der Waals surface area (Å²) in [6.07, 6.45) is 0.675. The fourth-order valence-electron chi connectivity index (χ4n) is 2.89. The lowest BCUT2D eigenvalue weighted by Crippen LogP contribution is -2.19. The van der Waals surface area contributed by atoms with E-state index >= 15 is 0 Å². The number of hydroxylamine groups is 1. The Morgan fingerprint density at radius 2 is 1.64 bits per heavy atom. The number of anilines is 3. The molecule has 3 rings (SSSR count). The van der Waals surface area contributed by atoms with Gasteiger partial charge in [-0.25, -0.2) is 5.48 Å². The van der Waals surface area contributed by atoms with Gasteiger partial charge in [-0.1, -0.05) is 18.2 Å². The fourth-order valence-corrected chi connectivity index (χ4v) is 2.89. The number of para-hydroxylation sites is 1. The van der Waals surface area contributed by atoms with Crippen LogP contribution in [-0.4, -0.2) is 22.0 Å². The average molecular weight is 378 g/mol. The largest absolute Gasteiger partial charge is 0.355 e. The molecule has 0 saturated carbocycles. The van der Waals surface area contributed by atoms with E-state index in [2.05, 4.69) is 15.6 Å². The summed E-state index contributed by atoms with van der Waals surface area (Å²) in [6.45, 7) is 1.96. The monoisotopic (exact) mass is 378 g/mol. The quantitative estimate of drug-likeness (QED) is 0.369. The summed E-state index contributed by atoms with van der Waals surface area (Å²) in [4.78, 5) is 27.4. The van der Waals surface area contributed by atoms with Gasteiger partial charge >= 0.3 is 0 Å². The highest BCUT2D eigenvalue weighted by molar-refractivity contribution is 5.94. The Morgan fingerprint density at radius 1 is 0.964 bits per heavy atom. The molecule has 2 amide bonds. The Labute approximate surface area is 162 Å². The Bertz CT molecular complexity index is 987. The maximum Gasteiger partial charge on any atom is 0.243 e. The second kappa shape index (κ2) is 8.96. The Hall–Kier alpha value is -3.45. The molecule has 7 nitrogen and oxygen atoms in total. The maximum atomic E-state index is 11.9. The first-order valence-electron chi connectivity index (χ1n) is 9.01. The van der Waals surface area contributed by atoms with Crippen LogP contribution in [0.15, 0.2) is 54.6 Å². The van der Waals surface area contributed by atoms with Crippen LogP contribution in [0.2, 0.25) is 0 Å². The highest BCUT2D eigenvalue weighted by Gasteiger charge is 2.07. The molecule has 1 aromatic heterocycles. The van der Waals surface area contributed by atoms with E-state index in [-0.39, 0.29) is 18.7 Å². The molecule has 3 aromatic rings. The number of hydrogen-bond acceptors (Lipinski definition) is 5. The van der Waals surface area contributed by atoms with Crippen molar-refractivity contribution in [2.45, 2.75) is 26.2 Å². The summed E-state index contributed by atoms with van der Waals surface area (Å²) in [5.74, 6) is -0.677. The normalized spacial score (nSPS) is 10.5. The van der Waals surface area contributed by atoms with Crippen molar-refractivity contribution in [2.24, 2.45) is 0 Å². The fraction of sp³-hybridized carbons (Fsp3) is 0.190. The third-order valence-electron chi connectivity index (χ3n) is 4.22. The topological polar surface area (TPSA) is 103 Å². The highest BCUT2D eigenvalue weighted by Crippen LogP contribution is 2.27. The second-order valence-corrected chi connectivity index (χ2v) is 6.47. The number of carbonyl (C=O) groups excluding carboxylic acids is 2. The van der Waals surface area contributed by atoms with Crippen molar-refractivity contribution >= 4 is 39.8 Å². The Balaban J connectivity index is 1.62. The molecule has 4 N–H and O–H groups in total. The zero-order valence-electron chi connectivity index (χ0n) is 15.5. The molecular weight excluding hydrogens is 356 g/mol. The number of nitrogens with zero attached hydrogens (tertiary/aromatic N) is 1. The number of rotatable bonds is 7. The van der Waals surface area contributed by atoms with E-state index in [4.69, 9.17) is 5.21 Å². The van der Waals surface area contributed by atoms with Crippen LogP contribution < -0.4 is 16.1 Å². The lowest BCUT2D eigenvalue weighted by atomic mass is 10.1. The number of aromatic nitrogens is 1. The molecule has 0 radical (unpaired) electrons. The number of nitrogens with one attached hydrogen (secondary N) is 3. The molecule has 0 saturated heterocycles.